The summed E-state index contributed by atoms with van der Waals surface area (Å²) in [6, 6.07) is 11.3. The summed E-state index contributed by atoms with van der Waals surface area (Å²) in [4.78, 5) is 16.5. The molecule has 0 N–H and O–H groups in total. The standard InChI is InChI=1S/C23H23F3N2O2/c24-23(25,26)20-3-1-2-17(15-20)5-7-22(29)28-11-9-27(10-12-28)16-18-4-6-21-19(14-18)8-13-30-21/h1-7,14-15H,8-13,16H2/b7-5+. The van der Waals surface area contributed by atoms with Gasteiger partial charge in [0.2, 0.25) is 5.91 Å². The molecule has 0 aliphatic carbocycles. The smallest absolute Gasteiger partial charge is 0.416 e. The first-order valence-electron chi connectivity index (χ1n) is 10.00. The minimum atomic E-state index is -4.39. The Bertz CT molecular complexity index is 948. The van der Waals surface area contributed by atoms with Gasteiger partial charge in [-0.2, -0.15) is 13.2 Å². The summed E-state index contributed by atoms with van der Waals surface area (Å²) in [5.41, 5.74) is 2.13. The number of piperazine rings is 1. The molecule has 4 rings (SSSR count). The van der Waals surface area contributed by atoms with E-state index in [1.165, 1.54) is 29.3 Å². The lowest BCUT2D eigenvalue weighted by Gasteiger charge is -2.34. The molecule has 1 fully saturated rings. The predicted molar refractivity (Wildman–Crippen MR) is 108 cm³/mol. The molecular weight excluding hydrogens is 393 g/mol. The van der Waals surface area contributed by atoms with Crippen LogP contribution in [0.1, 0.15) is 22.3 Å². The van der Waals surface area contributed by atoms with Crippen molar-refractivity contribution in [1.29, 1.82) is 0 Å². The van der Waals surface area contributed by atoms with Crippen molar-refractivity contribution in [1.82, 2.24) is 9.80 Å². The van der Waals surface area contributed by atoms with E-state index in [2.05, 4.69) is 17.0 Å². The second-order valence-electron chi connectivity index (χ2n) is 7.60. The quantitative estimate of drug-likeness (QED) is 0.707. The van der Waals surface area contributed by atoms with E-state index in [1.54, 1.807) is 11.0 Å². The number of hydrogen-bond acceptors (Lipinski definition) is 3. The highest BCUT2D eigenvalue weighted by molar-refractivity contribution is 5.91. The SMILES string of the molecule is O=C(/C=C/c1cccc(C(F)(F)F)c1)N1CCN(Cc2ccc3c(c2)CCO3)CC1. The lowest BCUT2D eigenvalue weighted by atomic mass is 10.1. The van der Waals surface area contributed by atoms with Crippen LogP contribution in [0.2, 0.25) is 0 Å². The van der Waals surface area contributed by atoms with Crippen molar-refractivity contribution in [2.45, 2.75) is 19.1 Å². The summed E-state index contributed by atoms with van der Waals surface area (Å²) in [7, 11) is 0. The molecule has 2 aliphatic rings. The molecule has 2 aromatic carbocycles. The van der Waals surface area contributed by atoms with E-state index in [0.29, 0.717) is 18.7 Å². The van der Waals surface area contributed by atoms with Crippen LogP contribution in [0.4, 0.5) is 13.2 Å². The Kier molecular flexibility index (Phi) is 5.81. The highest BCUT2D eigenvalue weighted by atomic mass is 19.4. The van der Waals surface area contributed by atoms with Crippen LogP contribution < -0.4 is 4.74 Å². The molecule has 2 aromatic rings. The third-order valence-electron chi connectivity index (χ3n) is 5.48. The molecular formula is C23H23F3N2O2. The van der Waals surface area contributed by atoms with E-state index in [1.807, 2.05) is 6.07 Å². The van der Waals surface area contributed by atoms with Crippen LogP contribution >= 0.6 is 0 Å². The highest BCUT2D eigenvalue weighted by Crippen LogP contribution is 2.30. The fourth-order valence-electron chi connectivity index (χ4n) is 3.81. The zero-order valence-corrected chi connectivity index (χ0v) is 16.5. The Morgan fingerprint density at radius 3 is 2.63 bits per heavy atom. The summed E-state index contributed by atoms with van der Waals surface area (Å²) >= 11 is 0. The monoisotopic (exact) mass is 416 g/mol. The molecule has 0 atom stereocenters. The molecule has 0 radical (unpaired) electrons. The number of nitrogens with zero attached hydrogens (tertiary/aromatic N) is 2. The van der Waals surface area contributed by atoms with E-state index in [4.69, 9.17) is 4.74 Å². The molecule has 4 nitrogen and oxygen atoms in total. The number of ether oxygens (including phenoxy) is 1. The summed E-state index contributed by atoms with van der Waals surface area (Å²) in [5, 5.41) is 0. The van der Waals surface area contributed by atoms with Crippen LogP contribution in [0.3, 0.4) is 0 Å². The number of rotatable bonds is 4. The fraction of sp³-hybridized carbons (Fsp3) is 0.348. The molecule has 1 saturated heterocycles. The molecule has 158 valence electrons. The maximum Gasteiger partial charge on any atom is 0.416 e. The fourth-order valence-corrected chi connectivity index (χ4v) is 3.81. The first-order chi connectivity index (χ1) is 14.4. The number of carbonyl (C=O) groups excluding carboxylic acids is 1. The number of alkyl halides is 3. The van der Waals surface area contributed by atoms with Crippen molar-refractivity contribution in [2.75, 3.05) is 32.8 Å². The average molecular weight is 416 g/mol. The van der Waals surface area contributed by atoms with E-state index < -0.39 is 11.7 Å². The van der Waals surface area contributed by atoms with Gasteiger partial charge in [0.15, 0.2) is 0 Å². The van der Waals surface area contributed by atoms with Crippen molar-refractivity contribution in [3.05, 3.63) is 70.8 Å². The van der Waals surface area contributed by atoms with Crippen LogP contribution in [0.5, 0.6) is 5.75 Å². The third-order valence-corrected chi connectivity index (χ3v) is 5.48. The number of fused-ring (bicyclic) bond motifs is 1. The van der Waals surface area contributed by atoms with Crippen molar-refractivity contribution >= 4 is 12.0 Å². The molecule has 0 aromatic heterocycles. The number of carbonyl (C=O) groups is 1. The van der Waals surface area contributed by atoms with Crippen molar-refractivity contribution in [2.24, 2.45) is 0 Å². The largest absolute Gasteiger partial charge is 0.493 e. The van der Waals surface area contributed by atoms with Gasteiger partial charge < -0.3 is 9.64 Å². The van der Waals surface area contributed by atoms with Crippen LogP contribution in [0, 0.1) is 0 Å². The minimum absolute atomic E-state index is 0.179. The Hall–Kier alpha value is -2.80. The first kappa shape index (κ1) is 20.5. The third kappa shape index (κ3) is 4.84. The van der Waals surface area contributed by atoms with Crippen LogP contribution in [-0.2, 0) is 23.9 Å². The van der Waals surface area contributed by atoms with E-state index in [-0.39, 0.29) is 5.91 Å². The van der Waals surface area contributed by atoms with E-state index in [9.17, 15) is 18.0 Å². The van der Waals surface area contributed by atoms with Crippen LogP contribution in [0.15, 0.2) is 48.5 Å². The summed E-state index contributed by atoms with van der Waals surface area (Å²) in [6.45, 7) is 4.29. The normalized spacial score (nSPS) is 17.2. The zero-order valence-electron chi connectivity index (χ0n) is 16.5. The average Bonchev–Trinajstić information content (AvgIpc) is 3.20. The Morgan fingerprint density at radius 1 is 1.07 bits per heavy atom. The van der Waals surface area contributed by atoms with Crippen molar-refractivity contribution < 1.29 is 22.7 Å². The van der Waals surface area contributed by atoms with Crippen molar-refractivity contribution in [3.8, 4) is 5.75 Å². The van der Waals surface area contributed by atoms with Gasteiger partial charge in [-0.1, -0.05) is 24.3 Å². The Balaban J connectivity index is 1.30. The van der Waals surface area contributed by atoms with Gasteiger partial charge in [0.1, 0.15) is 5.75 Å². The number of amides is 1. The van der Waals surface area contributed by atoms with Gasteiger partial charge in [0, 0.05) is 45.2 Å². The van der Waals surface area contributed by atoms with Crippen LogP contribution in [-0.4, -0.2) is 48.5 Å². The molecule has 7 heteroatoms. The highest BCUT2D eigenvalue weighted by Gasteiger charge is 2.30. The van der Waals surface area contributed by atoms with E-state index in [0.717, 1.165) is 50.5 Å². The summed E-state index contributed by atoms with van der Waals surface area (Å²) in [5.74, 6) is 0.795. The molecule has 1 amide bonds. The molecule has 0 spiro atoms. The Morgan fingerprint density at radius 2 is 1.87 bits per heavy atom. The molecule has 2 heterocycles. The number of benzene rings is 2. The number of hydrogen-bond donors (Lipinski definition) is 0. The van der Waals surface area contributed by atoms with Crippen molar-refractivity contribution in [3.63, 3.8) is 0 Å². The van der Waals surface area contributed by atoms with Gasteiger partial charge in [0.05, 0.1) is 12.2 Å². The Labute approximate surface area is 173 Å². The zero-order chi connectivity index (χ0) is 21.1. The lowest BCUT2D eigenvalue weighted by molar-refractivity contribution is -0.137. The maximum absolute atomic E-state index is 12.8. The van der Waals surface area contributed by atoms with Gasteiger partial charge in [0.25, 0.3) is 0 Å². The van der Waals surface area contributed by atoms with Gasteiger partial charge in [-0.15, -0.1) is 0 Å². The van der Waals surface area contributed by atoms with Crippen LogP contribution in [0.25, 0.3) is 6.08 Å². The number of halogens is 3. The second-order valence-corrected chi connectivity index (χ2v) is 7.60. The van der Waals surface area contributed by atoms with Gasteiger partial charge in [-0.3, -0.25) is 9.69 Å². The molecule has 0 unspecified atom stereocenters. The maximum atomic E-state index is 12.8. The molecule has 2 aliphatic heterocycles. The lowest BCUT2D eigenvalue weighted by Crippen LogP contribution is -2.47. The molecule has 0 bridgehead atoms. The predicted octanol–water partition coefficient (Wildman–Crippen LogP) is 4.00. The van der Waals surface area contributed by atoms with Gasteiger partial charge in [-0.05, 0) is 41.0 Å². The summed E-state index contributed by atoms with van der Waals surface area (Å²) < 4.78 is 44.0. The second kappa shape index (κ2) is 8.52. The van der Waals surface area contributed by atoms with Gasteiger partial charge >= 0.3 is 6.18 Å². The first-order valence-corrected chi connectivity index (χ1v) is 10.00. The summed E-state index contributed by atoms with van der Waals surface area (Å²) in [6.07, 6.45) is -0.651. The topological polar surface area (TPSA) is 32.8 Å². The molecule has 30 heavy (non-hydrogen) atoms. The molecule has 0 saturated carbocycles. The van der Waals surface area contributed by atoms with Gasteiger partial charge in [-0.25, -0.2) is 0 Å². The van der Waals surface area contributed by atoms with E-state index >= 15 is 0 Å². The minimum Gasteiger partial charge on any atom is -0.493 e.